The van der Waals surface area contributed by atoms with Gasteiger partial charge in [-0.2, -0.15) is 0 Å². The fraction of sp³-hybridized carbons (Fsp3) is 0.273. The molecule has 0 saturated carbocycles. The summed E-state index contributed by atoms with van der Waals surface area (Å²) in [6.07, 6.45) is 0. The minimum atomic E-state index is -1.19. The number of nitrogens with one attached hydrogen (secondary N) is 1. The molecule has 0 aliphatic heterocycles. The molecule has 0 aliphatic carbocycles. The molecule has 0 bridgehead atoms. The molecule has 1 N–H and O–H groups in total. The highest BCUT2D eigenvalue weighted by molar-refractivity contribution is 7.84. The summed E-state index contributed by atoms with van der Waals surface area (Å²) >= 11 is 0. The molecule has 3 aromatic rings. The van der Waals surface area contributed by atoms with Crippen molar-refractivity contribution in [2.75, 3.05) is 0 Å². The van der Waals surface area contributed by atoms with E-state index in [2.05, 4.69) is 10.3 Å². The lowest BCUT2D eigenvalue weighted by Gasteiger charge is -2.08. The van der Waals surface area contributed by atoms with E-state index in [0.29, 0.717) is 28.7 Å². The van der Waals surface area contributed by atoms with E-state index in [1.165, 1.54) is 0 Å². The molecule has 0 radical (unpaired) electrons. The van der Waals surface area contributed by atoms with Gasteiger partial charge in [0.25, 0.3) is 5.91 Å². The number of hydrogen-bond donors (Lipinski definition) is 1. The Labute approximate surface area is 167 Å². The summed E-state index contributed by atoms with van der Waals surface area (Å²) in [5.74, 6) is 1.30. The Balaban J connectivity index is 1.75. The van der Waals surface area contributed by atoms with E-state index in [9.17, 15) is 9.00 Å². The van der Waals surface area contributed by atoms with Crippen molar-refractivity contribution in [1.82, 2.24) is 10.3 Å². The smallest absolute Gasteiger partial charge is 0.251 e. The molecule has 5 nitrogen and oxygen atoms in total. The van der Waals surface area contributed by atoms with Crippen LogP contribution in [0.1, 0.15) is 41.2 Å². The number of aryl methyl sites for hydroxylation is 2. The van der Waals surface area contributed by atoms with Gasteiger partial charge in [0.2, 0.25) is 5.89 Å². The minimum Gasteiger partial charge on any atom is -0.441 e. The monoisotopic (exact) mass is 396 g/mol. The first-order chi connectivity index (χ1) is 13.3. The van der Waals surface area contributed by atoms with Gasteiger partial charge in [0, 0.05) is 22.1 Å². The summed E-state index contributed by atoms with van der Waals surface area (Å²) in [5.41, 5.74) is 3.17. The predicted molar refractivity (Wildman–Crippen MR) is 111 cm³/mol. The number of carbonyl (C=O) groups is 1. The molecule has 1 atom stereocenters. The van der Waals surface area contributed by atoms with Crippen LogP contribution >= 0.6 is 0 Å². The molecule has 28 heavy (non-hydrogen) atoms. The van der Waals surface area contributed by atoms with Gasteiger partial charge in [-0.05, 0) is 64.1 Å². The lowest BCUT2D eigenvalue weighted by Crippen LogP contribution is -2.29. The second kappa shape index (κ2) is 8.52. The van der Waals surface area contributed by atoms with Crippen molar-refractivity contribution in [3.05, 3.63) is 71.1 Å². The van der Waals surface area contributed by atoms with Gasteiger partial charge in [-0.15, -0.1) is 0 Å². The van der Waals surface area contributed by atoms with E-state index in [1.54, 1.807) is 24.3 Å². The molecular weight excluding hydrogens is 372 g/mol. The maximum Gasteiger partial charge on any atom is 0.251 e. The van der Waals surface area contributed by atoms with Crippen molar-refractivity contribution in [1.29, 1.82) is 0 Å². The number of hydrogen-bond acceptors (Lipinski definition) is 4. The first-order valence-corrected chi connectivity index (χ1v) is 10.5. The van der Waals surface area contributed by atoms with Crippen LogP contribution in [0.2, 0.25) is 0 Å². The first kappa shape index (κ1) is 20.0. The van der Waals surface area contributed by atoms with Crippen LogP contribution in [-0.4, -0.2) is 21.1 Å². The average Bonchev–Trinajstić information content (AvgIpc) is 3.02. The van der Waals surface area contributed by atoms with Crippen molar-refractivity contribution >= 4 is 16.7 Å². The zero-order valence-electron chi connectivity index (χ0n) is 16.5. The van der Waals surface area contributed by atoms with Crippen molar-refractivity contribution in [2.24, 2.45) is 0 Å². The van der Waals surface area contributed by atoms with Crippen molar-refractivity contribution < 1.29 is 13.4 Å². The first-order valence-electron chi connectivity index (χ1n) is 9.16. The average molecular weight is 397 g/mol. The standard InChI is InChI=1S/C22H24N2O3S/c1-14(2)23-21(25)17-7-9-18(10-8-17)22-24-20(16(4)27-22)13-28(26)19-11-5-15(3)6-12-19/h5-12,14H,13H2,1-4H3,(H,23,25)/t28-/m0/s1. The largest absolute Gasteiger partial charge is 0.441 e. The topological polar surface area (TPSA) is 72.2 Å². The number of benzene rings is 2. The highest BCUT2D eigenvalue weighted by Crippen LogP contribution is 2.24. The van der Waals surface area contributed by atoms with Gasteiger partial charge >= 0.3 is 0 Å². The van der Waals surface area contributed by atoms with Crippen LogP contribution in [0.5, 0.6) is 0 Å². The highest BCUT2D eigenvalue weighted by atomic mass is 32.2. The Morgan fingerprint density at radius 3 is 2.32 bits per heavy atom. The quantitative estimate of drug-likeness (QED) is 0.670. The van der Waals surface area contributed by atoms with Crippen LogP contribution in [0.15, 0.2) is 57.8 Å². The second-order valence-electron chi connectivity index (χ2n) is 7.03. The summed E-state index contributed by atoms with van der Waals surface area (Å²) in [5, 5.41) is 2.86. The molecule has 6 heteroatoms. The van der Waals surface area contributed by atoms with Crippen molar-refractivity contribution in [2.45, 2.75) is 44.4 Å². The van der Waals surface area contributed by atoms with Crippen LogP contribution in [0.3, 0.4) is 0 Å². The van der Waals surface area contributed by atoms with E-state index in [0.717, 1.165) is 16.0 Å². The van der Waals surface area contributed by atoms with Gasteiger partial charge in [0.1, 0.15) is 5.76 Å². The van der Waals surface area contributed by atoms with Crippen LogP contribution in [0, 0.1) is 13.8 Å². The van der Waals surface area contributed by atoms with Gasteiger partial charge in [0.05, 0.1) is 22.2 Å². The Bertz CT molecular complexity index is 990. The number of carbonyl (C=O) groups excluding carboxylic acids is 1. The number of amides is 1. The van der Waals surface area contributed by atoms with Crippen LogP contribution in [0.25, 0.3) is 11.5 Å². The Hall–Kier alpha value is -2.73. The van der Waals surface area contributed by atoms with Crippen LogP contribution in [-0.2, 0) is 16.6 Å². The van der Waals surface area contributed by atoms with E-state index in [4.69, 9.17) is 4.42 Å². The molecular formula is C22H24N2O3S. The zero-order chi connectivity index (χ0) is 20.3. The fourth-order valence-electron chi connectivity index (χ4n) is 2.69. The zero-order valence-corrected chi connectivity index (χ0v) is 17.3. The van der Waals surface area contributed by atoms with E-state index >= 15 is 0 Å². The lowest BCUT2D eigenvalue weighted by molar-refractivity contribution is 0.0943. The number of oxazole rings is 1. The molecule has 0 fully saturated rings. The molecule has 1 heterocycles. The molecule has 1 amide bonds. The minimum absolute atomic E-state index is 0.0820. The maximum atomic E-state index is 12.6. The van der Waals surface area contributed by atoms with E-state index in [1.807, 2.05) is 52.0 Å². The van der Waals surface area contributed by atoms with Gasteiger partial charge < -0.3 is 9.73 Å². The predicted octanol–water partition coefficient (Wildman–Crippen LogP) is 4.40. The summed E-state index contributed by atoms with van der Waals surface area (Å²) in [6.45, 7) is 7.66. The molecule has 146 valence electrons. The molecule has 2 aromatic carbocycles. The molecule has 3 rings (SSSR count). The Morgan fingerprint density at radius 2 is 1.71 bits per heavy atom. The van der Waals surface area contributed by atoms with Gasteiger partial charge in [-0.1, -0.05) is 17.7 Å². The second-order valence-corrected chi connectivity index (χ2v) is 8.48. The lowest BCUT2D eigenvalue weighted by atomic mass is 10.1. The summed E-state index contributed by atoms with van der Waals surface area (Å²) < 4.78 is 18.4. The van der Waals surface area contributed by atoms with Crippen LogP contribution < -0.4 is 5.32 Å². The Morgan fingerprint density at radius 1 is 1.07 bits per heavy atom. The molecule has 0 aliphatic rings. The highest BCUT2D eigenvalue weighted by Gasteiger charge is 2.16. The fourth-order valence-corrected chi connectivity index (χ4v) is 3.82. The third-order valence-corrected chi connectivity index (χ3v) is 5.59. The molecule has 0 spiro atoms. The number of aromatic nitrogens is 1. The van der Waals surface area contributed by atoms with Gasteiger partial charge in [-0.25, -0.2) is 4.98 Å². The van der Waals surface area contributed by atoms with E-state index in [-0.39, 0.29) is 11.9 Å². The molecule has 1 aromatic heterocycles. The SMILES string of the molecule is Cc1ccc([S@@](=O)Cc2nc(-c3ccc(C(=O)NC(C)C)cc3)oc2C)cc1. The van der Waals surface area contributed by atoms with Gasteiger partial charge in [0.15, 0.2) is 0 Å². The maximum absolute atomic E-state index is 12.6. The summed E-state index contributed by atoms with van der Waals surface area (Å²) in [6, 6.07) is 14.8. The molecule has 0 unspecified atom stereocenters. The van der Waals surface area contributed by atoms with Crippen LogP contribution in [0.4, 0.5) is 0 Å². The normalized spacial score (nSPS) is 12.2. The van der Waals surface area contributed by atoms with Gasteiger partial charge in [-0.3, -0.25) is 9.00 Å². The Kier molecular flexibility index (Phi) is 6.09. The van der Waals surface area contributed by atoms with E-state index < -0.39 is 10.8 Å². The summed E-state index contributed by atoms with van der Waals surface area (Å²) in [4.78, 5) is 17.4. The third-order valence-electron chi connectivity index (χ3n) is 4.26. The summed E-state index contributed by atoms with van der Waals surface area (Å²) in [7, 11) is -1.19. The molecule has 0 saturated heterocycles. The third kappa shape index (κ3) is 4.75. The number of rotatable bonds is 6. The van der Waals surface area contributed by atoms with Crippen molar-refractivity contribution in [3.8, 4) is 11.5 Å². The number of nitrogens with zero attached hydrogens (tertiary/aromatic N) is 1. The van der Waals surface area contributed by atoms with Crippen molar-refractivity contribution in [3.63, 3.8) is 0 Å².